The fourth-order valence-corrected chi connectivity index (χ4v) is 4.25. The van der Waals surface area contributed by atoms with Crippen molar-refractivity contribution in [1.29, 1.82) is 0 Å². The number of hydrogen-bond acceptors (Lipinski definition) is 3. The molecule has 5 nitrogen and oxygen atoms in total. The highest BCUT2D eigenvalue weighted by Gasteiger charge is 2.35. The fraction of sp³-hybridized carbons (Fsp3) is 0.300. The van der Waals surface area contributed by atoms with Gasteiger partial charge in [0.2, 0.25) is 11.8 Å². The second-order valence-corrected chi connectivity index (χ2v) is 7.87. The van der Waals surface area contributed by atoms with E-state index in [2.05, 4.69) is 17.4 Å². The number of aryl methyl sites for hydroxylation is 2. The van der Waals surface area contributed by atoms with E-state index in [1.54, 1.807) is 17.0 Å². The third-order valence-electron chi connectivity index (χ3n) is 5.24. The van der Waals surface area contributed by atoms with Crippen LogP contribution in [0.15, 0.2) is 30.3 Å². The average Bonchev–Trinajstić information content (AvgIpc) is 3.25. The van der Waals surface area contributed by atoms with Crippen molar-refractivity contribution in [3.8, 4) is 0 Å². The van der Waals surface area contributed by atoms with Gasteiger partial charge in [-0.25, -0.2) is 0 Å². The molecule has 0 bridgehead atoms. The van der Waals surface area contributed by atoms with Crippen molar-refractivity contribution in [3.05, 3.63) is 51.5 Å². The number of halogens is 2. The molecule has 1 atom stereocenters. The Kier molecular flexibility index (Phi) is 4.74. The Bertz CT molecular complexity index is 922. The number of nitrogen functional groups attached to an aromatic ring is 1. The summed E-state index contributed by atoms with van der Waals surface area (Å²) < 4.78 is 0. The van der Waals surface area contributed by atoms with Gasteiger partial charge in [0.05, 0.1) is 21.7 Å². The number of carbonyl (C=O) groups is 2. The van der Waals surface area contributed by atoms with Gasteiger partial charge in [0, 0.05) is 24.3 Å². The van der Waals surface area contributed by atoms with E-state index in [4.69, 9.17) is 28.9 Å². The van der Waals surface area contributed by atoms with Gasteiger partial charge in [-0.15, -0.1) is 0 Å². The first-order valence-electron chi connectivity index (χ1n) is 8.90. The molecule has 1 unspecified atom stereocenters. The highest BCUT2D eigenvalue weighted by Crippen LogP contribution is 2.33. The molecule has 0 aromatic heterocycles. The van der Waals surface area contributed by atoms with Gasteiger partial charge in [0.15, 0.2) is 0 Å². The molecule has 2 aliphatic rings. The lowest BCUT2D eigenvalue weighted by Gasteiger charge is -2.18. The van der Waals surface area contributed by atoms with Crippen LogP contribution in [0.1, 0.15) is 24.0 Å². The smallest absolute Gasteiger partial charge is 0.229 e. The Hall–Kier alpha value is -2.24. The lowest BCUT2D eigenvalue weighted by Crippen LogP contribution is -2.28. The van der Waals surface area contributed by atoms with Crippen molar-refractivity contribution in [2.45, 2.75) is 25.7 Å². The summed E-state index contributed by atoms with van der Waals surface area (Å²) in [6.07, 6.45) is 3.49. The van der Waals surface area contributed by atoms with Crippen molar-refractivity contribution in [1.82, 2.24) is 0 Å². The van der Waals surface area contributed by atoms with Gasteiger partial charge in [0.25, 0.3) is 0 Å². The molecule has 1 aliphatic carbocycles. The SMILES string of the molecule is Nc1c(Cl)cc(NC(=O)C2CC(=O)N(c3ccc4c(c3)CCC4)C2)cc1Cl. The molecular formula is C20H19Cl2N3O2. The monoisotopic (exact) mass is 403 g/mol. The highest BCUT2D eigenvalue weighted by atomic mass is 35.5. The van der Waals surface area contributed by atoms with Crippen molar-refractivity contribution in [2.24, 2.45) is 5.92 Å². The zero-order chi connectivity index (χ0) is 19.1. The van der Waals surface area contributed by atoms with E-state index in [-0.39, 0.29) is 34.0 Å². The summed E-state index contributed by atoms with van der Waals surface area (Å²) >= 11 is 12.0. The second-order valence-electron chi connectivity index (χ2n) is 7.05. The maximum Gasteiger partial charge on any atom is 0.229 e. The molecule has 140 valence electrons. The Labute approximate surface area is 167 Å². The molecule has 1 aliphatic heterocycles. The minimum Gasteiger partial charge on any atom is -0.396 e. The van der Waals surface area contributed by atoms with Gasteiger partial charge in [0.1, 0.15) is 0 Å². The molecule has 0 spiro atoms. The molecule has 2 aromatic carbocycles. The number of rotatable bonds is 3. The Morgan fingerprint density at radius 1 is 1.11 bits per heavy atom. The van der Waals surface area contributed by atoms with E-state index in [9.17, 15) is 9.59 Å². The van der Waals surface area contributed by atoms with E-state index in [0.717, 1.165) is 24.9 Å². The number of fused-ring (bicyclic) bond motifs is 1. The summed E-state index contributed by atoms with van der Waals surface area (Å²) in [5, 5.41) is 3.34. The van der Waals surface area contributed by atoms with Crippen LogP contribution in [0.4, 0.5) is 17.1 Å². The predicted octanol–water partition coefficient (Wildman–Crippen LogP) is 4.06. The van der Waals surface area contributed by atoms with E-state index in [1.807, 2.05) is 6.07 Å². The number of nitrogens with zero attached hydrogens (tertiary/aromatic N) is 1. The van der Waals surface area contributed by atoms with Crippen molar-refractivity contribution in [3.63, 3.8) is 0 Å². The summed E-state index contributed by atoms with van der Waals surface area (Å²) in [6, 6.07) is 9.25. The quantitative estimate of drug-likeness (QED) is 0.758. The summed E-state index contributed by atoms with van der Waals surface area (Å²) in [7, 11) is 0. The van der Waals surface area contributed by atoms with Crippen LogP contribution in [-0.2, 0) is 22.4 Å². The molecule has 7 heteroatoms. The van der Waals surface area contributed by atoms with Gasteiger partial charge >= 0.3 is 0 Å². The fourth-order valence-electron chi connectivity index (χ4n) is 3.76. The number of hydrogen-bond donors (Lipinski definition) is 2. The zero-order valence-corrected chi connectivity index (χ0v) is 16.1. The van der Waals surface area contributed by atoms with Gasteiger partial charge in [-0.3, -0.25) is 9.59 Å². The predicted molar refractivity (Wildman–Crippen MR) is 108 cm³/mol. The van der Waals surface area contributed by atoms with Crippen LogP contribution in [-0.4, -0.2) is 18.4 Å². The number of carbonyl (C=O) groups excluding carboxylic acids is 2. The molecular weight excluding hydrogens is 385 g/mol. The minimum atomic E-state index is -0.430. The summed E-state index contributed by atoms with van der Waals surface area (Å²) in [4.78, 5) is 26.8. The van der Waals surface area contributed by atoms with Crippen LogP contribution in [0.2, 0.25) is 10.0 Å². The van der Waals surface area contributed by atoms with Crippen molar-refractivity contribution in [2.75, 3.05) is 22.5 Å². The molecule has 4 rings (SSSR count). The maximum atomic E-state index is 12.6. The van der Waals surface area contributed by atoms with E-state index >= 15 is 0 Å². The molecule has 1 saturated heterocycles. The van der Waals surface area contributed by atoms with Crippen LogP contribution in [0.5, 0.6) is 0 Å². The van der Waals surface area contributed by atoms with E-state index < -0.39 is 5.92 Å². The Morgan fingerprint density at radius 2 is 1.81 bits per heavy atom. The van der Waals surface area contributed by atoms with Crippen molar-refractivity contribution < 1.29 is 9.59 Å². The lowest BCUT2D eigenvalue weighted by atomic mass is 10.1. The Balaban J connectivity index is 1.48. The first-order valence-corrected chi connectivity index (χ1v) is 9.65. The van der Waals surface area contributed by atoms with E-state index in [0.29, 0.717) is 12.2 Å². The third-order valence-corrected chi connectivity index (χ3v) is 5.86. The first kappa shape index (κ1) is 18.1. The summed E-state index contributed by atoms with van der Waals surface area (Å²) in [5.41, 5.74) is 9.99. The largest absolute Gasteiger partial charge is 0.396 e. The summed E-state index contributed by atoms with van der Waals surface area (Å²) in [6.45, 7) is 0.361. The first-order chi connectivity index (χ1) is 12.9. The normalized spacial score (nSPS) is 18.7. The molecule has 1 heterocycles. The number of anilines is 3. The van der Waals surface area contributed by atoms with Gasteiger partial charge < -0.3 is 16.0 Å². The number of amides is 2. The molecule has 3 N–H and O–H groups in total. The van der Waals surface area contributed by atoms with Gasteiger partial charge in [-0.1, -0.05) is 29.3 Å². The number of benzene rings is 2. The molecule has 2 amide bonds. The Morgan fingerprint density at radius 3 is 2.56 bits per heavy atom. The van der Waals surface area contributed by atoms with Gasteiger partial charge in [-0.05, 0) is 54.7 Å². The van der Waals surface area contributed by atoms with Gasteiger partial charge in [-0.2, -0.15) is 0 Å². The standard InChI is InChI=1S/C20H19Cl2N3O2/c21-16-8-14(9-17(22)19(16)23)24-20(27)13-7-18(26)25(10-13)15-5-4-11-2-1-3-12(11)6-15/h4-6,8-9,13H,1-3,7,10,23H2,(H,24,27). The third kappa shape index (κ3) is 3.49. The lowest BCUT2D eigenvalue weighted by molar-refractivity contribution is -0.122. The number of nitrogens with two attached hydrogens (primary N) is 1. The van der Waals surface area contributed by atoms with Crippen LogP contribution >= 0.6 is 23.2 Å². The van der Waals surface area contributed by atoms with Crippen LogP contribution in [0.3, 0.4) is 0 Å². The molecule has 0 saturated carbocycles. The molecule has 1 fully saturated rings. The van der Waals surface area contributed by atoms with Crippen LogP contribution in [0.25, 0.3) is 0 Å². The minimum absolute atomic E-state index is 0.0403. The molecule has 0 radical (unpaired) electrons. The van der Waals surface area contributed by atoms with Crippen LogP contribution < -0.4 is 16.0 Å². The van der Waals surface area contributed by atoms with Crippen molar-refractivity contribution >= 4 is 52.1 Å². The highest BCUT2D eigenvalue weighted by molar-refractivity contribution is 6.39. The van der Waals surface area contributed by atoms with E-state index in [1.165, 1.54) is 11.1 Å². The van der Waals surface area contributed by atoms with Crippen LogP contribution in [0, 0.1) is 5.92 Å². The topological polar surface area (TPSA) is 75.4 Å². The second kappa shape index (κ2) is 7.06. The summed E-state index contributed by atoms with van der Waals surface area (Å²) in [5.74, 6) is -0.703. The number of nitrogens with one attached hydrogen (secondary N) is 1. The maximum absolute atomic E-state index is 12.6. The average molecular weight is 404 g/mol. The zero-order valence-electron chi connectivity index (χ0n) is 14.6. The molecule has 2 aromatic rings. The molecule has 27 heavy (non-hydrogen) atoms.